The summed E-state index contributed by atoms with van der Waals surface area (Å²) in [7, 11) is 0. The van der Waals surface area contributed by atoms with E-state index in [4.69, 9.17) is 0 Å². The highest BCUT2D eigenvalue weighted by Gasteiger charge is 2.24. The zero-order valence-electron chi connectivity index (χ0n) is 10.8. The number of pyridine rings is 1. The second-order valence-corrected chi connectivity index (χ2v) is 5.25. The van der Waals surface area contributed by atoms with Crippen molar-refractivity contribution in [3.63, 3.8) is 0 Å². The van der Waals surface area contributed by atoms with E-state index in [-0.39, 0.29) is 11.6 Å². The van der Waals surface area contributed by atoms with Crippen LogP contribution in [0.2, 0.25) is 0 Å². The lowest BCUT2D eigenvalue weighted by Gasteiger charge is -1.97. The van der Waals surface area contributed by atoms with Gasteiger partial charge >= 0.3 is 0 Å². The normalized spacial score (nSPS) is 18.2. The predicted molar refractivity (Wildman–Crippen MR) is 81.4 cm³/mol. The van der Waals surface area contributed by atoms with Gasteiger partial charge in [-0.25, -0.2) is 9.38 Å². The molecule has 4 nitrogen and oxygen atoms in total. The minimum absolute atomic E-state index is 0.197. The molecular formula is C15H10FN3OS. The fourth-order valence-electron chi connectivity index (χ4n) is 1.75. The lowest BCUT2D eigenvalue weighted by molar-refractivity contribution is -0.115. The first-order valence-corrected chi connectivity index (χ1v) is 6.98. The standard InChI is InChI=1S/C15H10FN3OS/c16-11-5-1-2-6-12(11)18-15-19-14(20)13(21-15)8-10-4-3-7-17-9-10/h1-9H,(H,18,19,20). The Morgan fingerprint density at radius 1 is 1.24 bits per heavy atom. The number of para-hydroxylation sites is 1. The Morgan fingerprint density at radius 2 is 2.10 bits per heavy atom. The summed E-state index contributed by atoms with van der Waals surface area (Å²) in [6.07, 6.45) is 5.04. The molecule has 2 aromatic rings. The second kappa shape index (κ2) is 5.88. The first-order chi connectivity index (χ1) is 10.2. The third kappa shape index (κ3) is 3.17. The van der Waals surface area contributed by atoms with Gasteiger partial charge in [0.1, 0.15) is 11.5 Å². The van der Waals surface area contributed by atoms with Crippen LogP contribution in [-0.4, -0.2) is 16.1 Å². The van der Waals surface area contributed by atoms with Crippen LogP contribution in [0.4, 0.5) is 10.1 Å². The molecule has 2 heterocycles. The molecule has 1 aromatic heterocycles. The first-order valence-electron chi connectivity index (χ1n) is 6.16. The molecule has 0 spiro atoms. The fraction of sp³-hybridized carbons (Fsp3) is 0. The van der Waals surface area contributed by atoms with Gasteiger partial charge in [0.05, 0.1) is 4.91 Å². The number of carbonyl (C=O) groups excluding carboxylic acids is 1. The van der Waals surface area contributed by atoms with Crippen LogP contribution >= 0.6 is 11.8 Å². The van der Waals surface area contributed by atoms with Crippen LogP contribution < -0.4 is 5.32 Å². The Labute approximate surface area is 124 Å². The molecule has 6 heteroatoms. The van der Waals surface area contributed by atoms with Crippen molar-refractivity contribution < 1.29 is 9.18 Å². The zero-order valence-corrected chi connectivity index (χ0v) is 11.6. The maximum atomic E-state index is 13.5. The van der Waals surface area contributed by atoms with Crippen LogP contribution in [-0.2, 0) is 4.79 Å². The van der Waals surface area contributed by atoms with Gasteiger partial charge in [-0.15, -0.1) is 0 Å². The van der Waals surface area contributed by atoms with Crippen molar-refractivity contribution >= 4 is 34.6 Å². The summed E-state index contributed by atoms with van der Waals surface area (Å²) < 4.78 is 13.5. The average Bonchev–Trinajstić information content (AvgIpc) is 2.82. The van der Waals surface area contributed by atoms with E-state index in [1.807, 2.05) is 6.07 Å². The highest BCUT2D eigenvalue weighted by Crippen LogP contribution is 2.28. The highest BCUT2D eigenvalue weighted by molar-refractivity contribution is 8.18. The van der Waals surface area contributed by atoms with Gasteiger partial charge in [-0.2, -0.15) is 0 Å². The molecule has 104 valence electrons. The van der Waals surface area contributed by atoms with E-state index < -0.39 is 5.82 Å². The van der Waals surface area contributed by atoms with Gasteiger partial charge in [-0.1, -0.05) is 18.2 Å². The number of thioether (sulfide) groups is 1. The van der Waals surface area contributed by atoms with Crippen LogP contribution in [0.5, 0.6) is 0 Å². The molecule has 0 unspecified atom stereocenters. The molecule has 1 aliphatic heterocycles. The quantitative estimate of drug-likeness (QED) is 0.867. The van der Waals surface area contributed by atoms with E-state index in [0.29, 0.717) is 10.1 Å². The van der Waals surface area contributed by atoms with Crippen molar-refractivity contribution in [1.82, 2.24) is 10.3 Å². The number of benzene rings is 1. The smallest absolute Gasteiger partial charge is 0.264 e. The van der Waals surface area contributed by atoms with Crippen LogP contribution in [0.25, 0.3) is 6.08 Å². The maximum absolute atomic E-state index is 13.5. The summed E-state index contributed by atoms with van der Waals surface area (Å²) in [5, 5.41) is 2.98. The Bertz CT molecular complexity index is 744. The van der Waals surface area contributed by atoms with Gasteiger partial charge in [-0.05, 0) is 41.6 Å². The van der Waals surface area contributed by atoms with E-state index in [9.17, 15) is 9.18 Å². The molecule has 1 amide bonds. The Kier molecular flexibility index (Phi) is 3.79. The van der Waals surface area contributed by atoms with E-state index in [1.165, 1.54) is 17.8 Å². The second-order valence-electron chi connectivity index (χ2n) is 4.22. The lowest BCUT2D eigenvalue weighted by Crippen LogP contribution is -2.19. The monoisotopic (exact) mass is 299 g/mol. The van der Waals surface area contributed by atoms with E-state index in [1.54, 1.807) is 42.7 Å². The van der Waals surface area contributed by atoms with Crippen LogP contribution in [0, 0.1) is 5.82 Å². The van der Waals surface area contributed by atoms with Gasteiger partial charge in [0.25, 0.3) is 5.91 Å². The molecule has 1 fully saturated rings. The number of carbonyl (C=O) groups is 1. The molecule has 1 aromatic carbocycles. The van der Waals surface area contributed by atoms with Crippen LogP contribution in [0.1, 0.15) is 5.56 Å². The summed E-state index contributed by atoms with van der Waals surface area (Å²) in [6.45, 7) is 0. The number of nitrogens with zero attached hydrogens (tertiary/aromatic N) is 2. The van der Waals surface area contributed by atoms with Crippen LogP contribution in [0.15, 0.2) is 58.7 Å². The minimum Gasteiger partial charge on any atom is -0.300 e. The van der Waals surface area contributed by atoms with Crippen LogP contribution in [0.3, 0.4) is 0 Å². The Balaban J connectivity index is 1.85. The molecule has 1 saturated heterocycles. The number of amidine groups is 1. The van der Waals surface area contributed by atoms with Gasteiger partial charge < -0.3 is 5.32 Å². The van der Waals surface area contributed by atoms with Gasteiger partial charge in [0, 0.05) is 12.4 Å². The lowest BCUT2D eigenvalue weighted by atomic mass is 10.2. The average molecular weight is 299 g/mol. The largest absolute Gasteiger partial charge is 0.300 e. The number of hydrogen-bond acceptors (Lipinski definition) is 4. The molecule has 0 aliphatic carbocycles. The van der Waals surface area contributed by atoms with E-state index in [0.717, 1.165) is 5.56 Å². The number of rotatable bonds is 2. The third-order valence-electron chi connectivity index (χ3n) is 2.71. The minimum atomic E-state index is -0.426. The Hall–Kier alpha value is -2.47. The summed E-state index contributed by atoms with van der Waals surface area (Å²) >= 11 is 1.17. The van der Waals surface area contributed by atoms with Gasteiger partial charge in [0.15, 0.2) is 5.17 Å². The molecule has 21 heavy (non-hydrogen) atoms. The molecular weight excluding hydrogens is 289 g/mol. The van der Waals surface area contributed by atoms with Crippen molar-refractivity contribution in [3.8, 4) is 0 Å². The van der Waals surface area contributed by atoms with E-state index in [2.05, 4.69) is 15.3 Å². The molecule has 3 rings (SSSR count). The number of aliphatic imine (C=N–C) groups is 1. The molecule has 1 N–H and O–H groups in total. The summed E-state index contributed by atoms with van der Waals surface area (Å²) in [5.74, 6) is -0.677. The first kappa shape index (κ1) is 13.5. The Morgan fingerprint density at radius 3 is 2.86 bits per heavy atom. The van der Waals surface area contributed by atoms with E-state index >= 15 is 0 Å². The van der Waals surface area contributed by atoms with Crippen molar-refractivity contribution in [2.24, 2.45) is 4.99 Å². The number of halogens is 1. The molecule has 1 aliphatic rings. The number of amides is 1. The summed E-state index contributed by atoms with van der Waals surface area (Å²) in [5.41, 5.74) is 1.02. The third-order valence-corrected chi connectivity index (χ3v) is 3.62. The molecule has 0 saturated carbocycles. The van der Waals surface area contributed by atoms with Gasteiger partial charge in [-0.3, -0.25) is 9.78 Å². The summed E-state index contributed by atoms with van der Waals surface area (Å²) in [6, 6.07) is 9.80. The number of nitrogens with one attached hydrogen (secondary N) is 1. The zero-order chi connectivity index (χ0) is 14.7. The van der Waals surface area contributed by atoms with Crippen molar-refractivity contribution in [2.75, 3.05) is 0 Å². The number of hydrogen-bond donors (Lipinski definition) is 1. The SMILES string of the molecule is O=C1NC(=Nc2ccccc2F)SC1=Cc1cccnc1. The van der Waals surface area contributed by atoms with Crippen molar-refractivity contribution in [1.29, 1.82) is 0 Å². The fourth-order valence-corrected chi connectivity index (χ4v) is 2.58. The molecule has 0 atom stereocenters. The molecule has 0 radical (unpaired) electrons. The molecule has 0 bridgehead atoms. The maximum Gasteiger partial charge on any atom is 0.264 e. The highest BCUT2D eigenvalue weighted by atomic mass is 32.2. The van der Waals surface area contributed by atoms with Gasteiger partial charge in [0.2, 0.25) is 0 Å². The predicted octanol–water partition coefficient (Wildman–Crippen LogP) is 3.11. The van der Waals surface area contributed by atoms with Crippen molar-refractivity contribution in [2.45, 2.75) is 0 Å². The van der Waals surface area contributed by atoms with Crippen molar-refractivity contribution in [3.05, 3.63) is 65.1 Å². The topological polar surface area (TPSA) is 54.4 Å². The number of aromatic nitrogens is 1. The summed E-state index contributed by atoms with van der Waals surface area (Å²) in [4.78, 5) is 20.5.